The number of hydrogen-bond acceptors (Lipinski definition) is 5. The Hall–Kier alpha value is -1.27. The van der Waals surface area contributed by atoms with Crippen LogP contribution in [0.2, 0.25) is 0 Å². The SMILES string of the molecule is Cc1nc(SCc2ccoc2)sc1C(=O)O. The molecule has 2 aromatic rings. The van der Waals surface area contributed by atoms with Gasteiger partial charge in [0.15, 0.2) is 4.34 Å². The summed E-state index contributed by atoms with van der Waals surface area (Å²) in [5.74, 6) is -0.173. The van der Waals surface area contributed by atoms with E-state index in [0.29, 0.717) is 10.6 Å². The second-order valence-corrected chi connectivity index (χ2v) is 5.34. The molecule has 0 saturated heterocycles. The van der Waals surface area contributed by atoms with E-state index in [0.717, 1.165) is 15.7 Å². The van der Waals surface area contributed by atoms with Crippen LogP contribution in [0.4, 0.5) is 0 Å². The second kappa shape index (κ2) is 4.71. The van der Waals surface area contributed by atoms with Gasteiger partial charge in [-0.25, -0.2) is 9.78 Å². The highest BCUT2D eigenvalue weighted by Gasteiger charge is 2.14. The third-order valence-electron chi connectivity index (χ3n) is 1.91. The first-order valence-corrected chi connectivity index (χ1v) is 6.31. The van der Waals surface area contributed by atoms with E-state index in [1.165, 1.54) is 23.1 Å². The lowest BCUT2D eigenvalue weighted by atomic mass is 10.4. The highest BCUT2D eigenvalue weighted by Crippen LogP contribution is 2.29. The number of aromatic nitrogens is 1. The average Bonchev–Trinajstić information content (AvgIpc) is 2.83. The molecule has 0 bridgehead atoms. The van der Waals surface area contributed by atoms with Gasteiger partial charge in [0.2, 0.25) is 0 Å². The number of carboxylic acid groups (broad SMARTS) is 1. The van der Waals surface area contributed by atoms with E-state index >= 15 is 0 Å². The van der Waals surface area contributed by atoms with Gasteiger partial charge in [0, 0.05) is 11.3 Å². The molecule has 0 atom stereocenters. The Morgan fingerprint density at radius 2 is 2.50 bits per heavy atom. The number of furan rings is 1. The van der Waals surface area contributed by atoms with Gasteiger partial charge in [0.25, 0.3) is 0 Å². The van der Waals surface area contributed by atoms with Crippen molar-refractivity contribution >= 4 is 29.1 Å². The molecule has 0 fully saturated rings. The van der Waals surface area contributed by atoms with Crippen LogP contribution in [0, 0.1) is 6.92 Å². The van der Waals surface area contributed by atoms with Crippen LogP contribution in [0.15, 0.2) is 27.3 Å². The highest BCUT2D eigenvalue weighted by atomic mass is 32.2. The van der Waals surface area contributed by atoms with E-state index in [9.17, 15) is 4.79 Å². The van der Waals surface area contributed by atoms with Gasteiger partial charge in [-0.1, -0.05) is 11.8 Å². The summed E-state index contributed by atoms with van der Waals surface area (Å²) in [6, 6.07) is 1.88. The first kappa shape index (κ1) is 11.2. The number of nitrogens with zero attached hydrogens (tertiary/aromatic N) is 1. The summed E-state index contributed by atoms with van der Waals surface area (Å²) in [6.45, 7) is 1.71. The third kappa shape index (κ3) is 2.45. The number of hydrogen-bond donors (Lipinski definition) is 1. The van der Waals surface area contributed by atoms with Crippen LogP contribution < -0.4 is 0 Å². The normalized spacial score (nSPS) is 10.6. The van der Waals surface area contributed by atoms with Gasteiger partial charge < -0.3 is 9.52 Å². The van der Waals surface area contributed by atoms with E-state index in [-0.39, 0.29) is 0 Å². The largest absolute Gasteiger partial charge is 0.477 e. The molecule has 2 rings (SSSR count). The molecule has 0 aliphatic heterocycles. The maximum absolute atomic E-state index is 10.8. The van der Waals surface area contributed by atoms with Gasteiger partial charge in [0.1, 0.15) is 4.88 Å². The van der Waals surface area contributed by atoms with Crippen molar-refractivity contribution in [1.29, 1.82) is 0 Å². The number of carboxylic acids is 1. The Kier molecular flexibility index (Phi) is 3.31. The van der Waals surface area contributed by atoms with Crippen molar-refractivity contribution in [2.45, 2.75) is 17.0 Å². The Balaban J connectivity index is 2.05. The van der Waals surface area contributed by atoms with E-state index in [4.69, 9.17) is 9.52 Å². The van der Waals surface area contributed by atoms with Gasteiger partial charge in [-0.2, -0.15) is 0 Å². The zero-order valence-electron chi connectivity index (χ0n) is 8.47. The molecule has 0 unspecified atom stereocenters. The lowest BCUT2D eigenvalue weighted by Crippen LogP contribution is -1.94. The van der Waals surface area contributed by atoms with Crippen molar-refractivity contribution in [3.8, 4) is 0 Å². The van der Waals surface area contributed by atoms with Gasteiger partial charge >= 0.3 is 5.97 Å². The van der Waals surface area contributed by atoms with E-state index in [1.807, 2.05) is 6.07 Å². The Labute approximate surface area is 100 Å². The zero-order valence-corrected chi connectivity index (χ0v) is 10.1. The molecule has 4 nitrogen and oxygen atoms in total. The predicted octanol–water partition coefficient (Wildman–Crippen LogP) is 3.04. The van der Waals surface area contributed by atoms with Gasteiger partial charge in [-0.15, -0.1) is 11.3 Å². The lowest BCUT2D eigenvalue weighted by Gasteiger charge is -1.91. The van der Waals surface area contributed by atoms with Crippen molar-refractivity contribution in [3.63, 3.8) is 0 Å². The third-order valence-corrected chi connectivity index (χ3v) is 4.27. The number of rotatable bonds is 4. The van der Waals surface area contributed by atoms with Gasteiger partial charge in [0.05, 0.1) is 18.2 Å². The van der Waals surface area contributed by atoms with E-state index in [1.54, 1.807) is 19.5 Å². The van der Waals surface area contributed by atoms with Crippen LogP contribution in [-0.2, 0) is 5.75 Å². The van der Waals surface area contributed by atoms with E-state index in [2.05, 4.69) is 4.98 Å². The van der Waals surface area contributed by atoms with Crippen molar-refractivity contribution in [2.75, 3.05) is 0 Å². The van der Waals surface area contributed by atoms with Crippen molar-refractivity contribution in [2.24, 2.45) is 0 Å². The molecule has 0 radical (unpaired) electrons. The van der Waals surface area contributed by atoms with Gasteiger partial charge in [-0.05, 0) is 13.0 Å². The molecule has 2 heterocycles. The number of thiazole rings is 1. The predicted molar refractivity (Wildman–Crippen MR) is 62.1 cm³/mol. The van der Waals surface area contributed by atoms with Crippen LogP contribution in [-0.4, -0.2) is 16.1 Å². The molecule has 0 aliphatic rings. The average molecular weight is 255 g/mol. The molecule has 84 valence electrons. The summed E-state index contributed by atoms with van der Waals surface area (Å²) in [7, 11) is 0. The van der Waals surface area contributed by atoms with Crippen LogP contribution in [0.1, 0.15) is 20.9 Å². The molecular formula is C10H9NO3S2. The monoisotopic (exact) mass is 255 g/mol. The Morgan fingerprint density at radius 3 is 3.06 bits per heavy atom. The summed E-state index contributed by atoms with van der Waals surface area (Å²) in [5, 5.41) is 8.88. The maximum Gasteiger partial charge on any atom is 0.347 e. The van der Waals surface area contributed by atoms with Crippen molar-refractivity contribution in [3.05, 3.63) is 34.7 Å². The minimum absolute atomic E-state index is 0.315. The summed E-state index contributed by atoms with van der Waals surface area (Å²) >= 11 is 2.73. The first-order chi connectivity index (χ1) is 7.66. The lowest BCUT2D eigenvalue weighted by molar-refractivity contribution is 0.0701. The molecule has 1 N–H and O–H groups in total. The number of thioether (sulfide) groups is 1. The maximum atomic E-state index is 10.8. The molecule has 0 saturated carbocycles. The second-order valence-electron chi connectivity index (χ2n) is 3.12. The first-order valence-electron chi connectivity index (χ1n) is 4.51. The van der Waals surface area contributed by atoms with Crippen LogP contribution in [0.5, 0.6) is 0 Å². The van der Waals surface area contributed by atoms with Gasteiger partial charge in [-0.3, -0.25) is 0 Å². The summed E-state index contributed by atoms with van der Waals surface area (Å²) in [4.78, 5) is 15.3. The minimum atomic E-state index is -0.912. The van der Waals surface area contributed by atoms with Crippen LogP contribution in [0.25, 0.3) is 0 Å². The molecule has 0 aromatic carbocycles. The zero-order chi connectivity index (χ0) is 11.5. The topological polar surface area (TPSA) is 63.3 Å². The Bertz CT molecular complexity index is 490. The number of aryl methyl sites for hydroxylation is 1. The fourth-order valence-corrected chi connectivity index (χ4v) is 3.11. The molecule has 2 aromatic heterocycles. The number of aromatic carboxylic acids is 1. The molecule has 0 amide bonds. The quantitative estimate of drug-likeness (QED) is 0.851. The summed E-state index contributed by atoms with van der Waals surface area (Å²) in [5.41, 5.74) is 1.64. The molecule has 0 aliphatic carbocycles. The molecular weight excluding hydrogens is 246 g/mol. The molecule has 16 heavy (non-hydrogen) atoms. The molecule has 6 heteroatoms. The van der Waals surface area contributed by atoms with Crippen molar-refractivity contribution < 1.29 is 14.3 Å². The van der Waals surface area contributed by atoms with Crippen molar-refractivity contribution in [1.82, 2.24) is 4.98 Å². The standard InChI is InChI=1S/C10H9NO3S2/c1-6-8(9(12)13)16-10(11-6)15-5-7-2-3-14-4-7/h2-4H,5H2,1H3,(H,12,13). The van der Waals surface area contributed by atoms with Crippen LogP contribution in [0.3, 0.4) is 0 Å². The van der Waals surface area contributed by atoms with Crippen LogP contribution >= 0.6 is 23.1 Å². The fraction of sp³-hybridized carbons (Fsp3) is 0.200. The Morgan fingerprint density at radius 1 is 1.69 bits per heavy atom. The fourth-order valence-electron chi connectivity index (χ4n) is 1.15. The van der Waals surface area contributed by atoms with E-state index < -0.39 is 5.97 Å². The smallest absolute Gasteiger partial charge is 0.347 e. The highest BCUT2D eigenvalue weighted by molar-refractivity contribution is 8.00. The number of carbonyl (C=O) groups is 1. The summed E-state index contributed by atoms with van der Waals surface area (Å²) < 4.78 is 5.72. The minimum Gasteiger partial charge on any atom is -0.477 e. The summed E-state index contributed by atoms with van der Waals surface area (Å²) in [6.07, 6.45) is 3.29. The molecule has 0 spiro atoms.